The van der Waals surface area contributed by atoms with Gasteiger partial charge in [0.25, 0.3) is 0 Å². The molecule has 1 atom stereocenters. The van der Waals surface area contributed by atoms with Crippen LogP contribution in [0.2, 0.25) is 5.02 Å². The second kappa shape index (κ2) is 7.90. The Bertz CT molecular complexity index is 999. The number of aromatic nitrogens is 3. The maximum absolute atomic E-state index is 8.40. The third kappa shape index (κ3) is 3.30. The molecule has 0 amide bonds. The maximum Gasteiger partial charge on any atom is 0.116 e. The molecule has 1 radical (unpaired) electrons. The molecule has 0 bridgehead atoms. The van der Waals surface area contributed by atoms with Gasteiger partial charge in [-0.25, -0.2) is 4.98 Å². The van der Waals surface area contributed by atoms with Gasteiger partial charge in [0.2, 0.25) is 0 Å². The molecule has 1 aliphatic heterocycles. The smallest absolute Gasteiger partial charge is 0.116 e. The molecule has 139 valence electrons. The summed E-state index contributed by atoms with van der Waals surface area (Å²) in [7, 11) is 0. The van der Waals surface area contributed by atoms with E-state index in [2.05, 4.69) is 41.4 Å². The van der Waals surface area contributed by atoms with Gasteiger partial charge < -0.3 is 22.8 Å². The van der Waals surface area contributed by atoms with Crippen LogP contribution in [0, 0.1) is 7.43 Å². The first kappa shape index (κ1) is 21.9. The molecule has 3 heterocycles. The molecule has 0 saturated heterocycles. The molecule has 27 heavy (non-hydrogen) atoms. The van der Waals surface area contributed by atoms with Crippen molar-refractivity contribution in [2.75, 3.05) is 4.90 Å². The third-order valence-corrected chi connectivity index (χ3v) is 5.58. The van der Waals surface area contributed by atoms with Crippen molar-refractivity contribution in [3.8, 4) is 0 Å². The van der Waals surface area contributed by atoms with Crippen molar-refractivity contribution >= 4 is 28.3 Å². The van der Waals surface area contributed by atoms with Crippen LogP contribution in [0.1, 0.15) is 31.7 Å². The molecule has 1 aliphatic rings. The van der Waals surface area contributed by atoms with E-state index in [9.17, 15) is 0 Å². The van der Waals surface area contributed by atoms with Crippen LogP contribution >= 0.6 is 11.6 Å². The molecule has 7 heteroatoms. The largest absolute Gasteiger partial charge is 0.630 e. The van der Waals surface area contributed by atoms with Crippen LogP contribution in [0.15, 0.2) is 48.9 Å². The standard InChI is InChI=1S/C19H19ClN5.CH3.Y/c1-4-19(3)12(2)24(17-10-22-8-7-14(17)19)11-18-23-15-6-5-13(20)9-16(15)25(18)21;;/h5-10,21H,2,4,11H2,1,3H3;1H3;/q2*-1;. The Labute approximate surface area is 190 Å². The molecule has 3 aromatic rings. The Balaban J connectivity index is 0.00000131. The van der Waals surface area contributed by atoms with Crippen molar-refractivity contribution in [2.24, 2.45) is 0 Å². The van der Waals surface area contributed by atoms with Gasteiger partial charge >= 0.3 is 0 Å². The molecule has 0 saturated carbocycles. The Morgan fingerprint density at radius 2 is 2.04 bits per heavy atom. The first-order valence-corrected chi connectivity index (χ1v) is 8.63. The summed E-state index contributed by atoms with van der Waals surface area (Å²) >= 11 is 6.06. The minimum absolute atomic E-state index is 0. The number of nitrogens with zero attached hydrogens (tertiary/aromatic N) is 4. The molecule has 0 fully saturated rings. The van der Waals surface area contributed by atoms with E-state index < -0.39 is 0 Å². The van der Waals surface area contributed by atoms with Gasteiger partial charge in [0, 0.05) is 55.0 Å². The predicted molar refractivity (Wildman–Crippen MR) is 108 cm³/mol. The van der Waals surface area contributed by atoms with E-state index in [1.165, 1.54) is 10.2 Å². The van der Waals surface area contributed by atoms with E-state index in [-0.39, 0.29) is 45.6 Å². The number of imidazole rings is 1. The summed E-state index contributed by atoms with van der Waals surface area (Å²) in [5.74, 6) is 9.04. The normalized spacial score (nSPS) is 18.2. The van der Waals surface area contributed by atoms with E-state index in [0.29, 0.717) is 22.9 Å². The number of nitrogens with one attached hydrogen (secondary N) is 1. The van der Waals surface area contributed by atoms with Crippen LogP contribution < -0.4 is 4.90 Å². The second-order valence-electron chi connectivity index (χ2n) is 6.61. The van der Waals surface area contributed by atoms with Crippen LogP contribution in [-0.2, 0) is 44.7 Å². The Hall–Kier alpha value is -1.43. The molecule has 1 aromatic carbocycles. The first-order chi connectivity index (χ1) is 12.0. The van der Waals surface area contributed by atoms with Gasteiger partial charge in [-0.05, 0) is 43.2 Å². The van der Waals surface area contributed by atoms with E-state index >= 15 is 0 Å². The molecule has 0 aliphatic carbocycles. The van der Waals surface area contributed by atoms with Gasteiger partial charge in [-0.15, -0.1) is 0 Å². The number of rotatable bonds is 3. The zero-order chi connectivity index (χ0) is 17.8. The fraction of sp³-hybridized carbons (Fsp3) is 0.250. The number of allylic oxidation sites excluding steroid dienone is 1. The van der Waals surface area contributed by atoms with E-state index in [1.807, 2.05) is 18.5 Å². The Kier molecular flexibility index (Phi) is 6.40. The molecule has 5 nitrogen and oxygen atoms in total. The summed E-state index contributed by atoms with van der Waals surface area (Å²) in [6.07, 6.45) is 4.65. The first-order valence-electron chi connectivity index (χ1n) is 8.25. The number of benzene rings is 1. The summed E-state index contributed by atoms with van der Waals surface area (Å²) in [6, 6.07) is 7.47. The molecule has 2 aromatic heterocycles. The van der Waals surface area contributed by atoms with Crippen molar-refractivity contribution < 1.29 is 32.7 Å². The van der Waals surface area contributed by atoms with E-state index in [0.717, 1.165) is 23.3 Å². The van der Waals surface area contributed by atoms with Crippen LogP contribution in [0.25, 0.3) is 16.9 Å². The van der Waals surface area contributed by atoms with Gasteiger partial charge in [0.05, 0.1) is 29.5 Å². The van der Waals surface area contributed by atoms with E-state index in [1.54, 1.807) is 12.1 Å². The number of halogens is 1. The summed E-state index contributed by atoms with van der Waals surface area (Å²) in [4.78, 5) is 11.0. The fourth-order valence-electron chi connectivity index (χ4n) is 3.59. The molecule has 1 unspecified atom stereocenters. The fourth-order valence-corrected chi connectivity index (χ4v) is 3.75. The van der Waals surface area contributed by atoms with Gasteiger partial charge in [0.15, 0.2) is 0 Å². The zero-order valence-electron chi connectivity index (χ0n) is 15.8. The maximum atomic E-state index is 8.40. The third-order valence-electron chi connectivity index (χ3n) is 5.34. The summed E-state index contributed by atoms with van der Waals surface area (Å²) in [5, 5.41) is 0.603. The van der Waals surface area contributed by atoms with Gasteiger partial charge in [-0.1, -0.05) is 25.1 Å². The predicted octanol–water partition coefficient (Wildman–Crippen LogP) is 5.55. The minimum atomic E-state index is -0.125. The molecular weight excluding hydrogens is 435 g/mol. The average molecular weight is 457 g/mol. The SMILES string of the molecule is C=C1N(Cc2nc3ccc(Cl)cc3n2[NH-])c2cnccc2C1(C)CC.[CH3-].[Y]. The molecular formula is C20H22ClN5Y-2. The van der Waals surface area contributed by atoms with Gasteiger partial charge in [-0.2, -0.15) is 0 Å². The topological polar surface area (TPSA) is 57.8 Å². The number of pyridine rings is 1. The summed E-state index contributed by atoms with van der Waals surface area (Å²) in [6.45, 7) is 9.20. The number of hydrogen-bond acceptors (Lipinski definition) is 3. The van der Waals surface area contributed by atoms with Crippen molar-refractivity contribution in [3.63, 3.8) is 0 Å². The van der Waals surface area contributed by atoms with Crippen LogP contribution in [-0.4, -0.2) is 14.6 Å². The number of anilines is 1. The number of fused-ring (bicyclic) bond motifs is 2. The summed E-state index contributed by atoms with van der Waals surface area (Å²) < 4.78 is 1.35. The van der Waals surface area contributed by atoms with Crippen molar-refractivity contribution in [2.45, 2.75) is 32.2 Å². The minimum Gasteiger partial charge on any atom is -0.630 e. The van der Waals surface area contributed by atoms with Crippen LogP contribution in [0.4, 0.5) is 5.69 Å². The van der Waals surface area contributed by atoms with Crippen molar-refractivity contribution in [3.05, 3.63) is 78.6 Å². The van der Waals surface area contributed by atoms with Crippen molar-refractivity contribution in [1.29, 1.82) is 0 Å². The van der Waals surface area contributed by atoms with Gasteiger partial charge in [-0.3, -0.25) is 4.98 Å². The second-order valence-corrected chi connectivity index (χ2v) is 7.04. The Morgan fingerprint density at radius 3 is 2.74 bits per heavy atom. The average Bonchev–Trinajstić information content (AvgIpc) is 3.04. The summed E-state index contributed by atoms with van der Waals surface area (Å²) in [5.41, 5.74) is 4.64. The molecule has 4 rings (SSSR count). The van der Waals surface area contributed by atoms with Crippen molar-refractivity contribution in [1.82, 2.24) is 14.6 Å². The number of hydrogen-bond donors (Lipinski definition) is 0. The Morgan fingerprint density at radius 1 is 1.30 bits per heavy atom. The quantitative estimate of drug-likeness (QED) is 0.486. The zero-order valence-corrected chi connectivity index (χ0v) is 19.4. The molecule has 1 N–H and O–H groups in total. The van der Waals surface area contributed by atoms with Gasteiger partial charge in [0.1, 0.15) is 5.82 Å². The van der Waals surface area contributed by atoms with E-state index in [4.69, 9.17) is 17.4 Å². The van der Waals surface area contributed by atoms with Crippen LogP contribution in [0.3, 0.4) is 0 Å². The monoisotopic (exact) mass is 456 g/mol. The van der Waals surface area contributed by atoms with Crippen LogP contribution in [0.5, 0.6) is 0 Å². The molecule has 0 spiro atoms.